The number of amides is 1. The van der Waals surface area contributed by atoms with Crippen molar-refractivity contribution < 1.29 is 4.79 Å². The smallest absolute Gasteiger partial charge is 0.222 e. The Hall–Kier alpha value is -1.62. The lowest BCUT2D eigenvalue weighted by Gasteiger charge is -2.35. The minimum atomic E-state index is 0.322. The first-order valence-electron chi connectivity index (χ1n) is 9.88. The van der Waals surface area contributed by atoms with Gasteiger partial charge in [-0.1, -0.05) is 18.9 Å². The lowest BCUT2D eigenvalue weighted by atomic mass is 9.96. The van der Waals surface area contributed by atoms with Crippen LogP contribution in [0.2, 0.25) is 0 Å². The molecule has 0 aromatic carbocycles. The average molecular weight is 347 g/mol. The predicted octanol–water partition coefficient (Wildman–Crippen LogP) is 3.06. The third kappa shape index (κ3) is 6.65. The van der Waals surface area contributed by atoms with Crippen LogP contribution in [0.25, 0.3) is 0 Å². The van der Waals surface area contributed by atoms with Crippen LogP contribution in [0.1, 0.15) is 51.9 Å². The summed E-state index contributed by atoms with van der Waals surface area (Å²) >= 11 is 0. The van der Waals surface area contributed by atoms with Gasteiger partial charge in [0.25, 0.3) is 0 Å². The zero-order valence-corrected chi connectivity index (χ0v) is 15.7. The summed E-state index contributed by atoms with van der Waals surface area (Å²) < 4.78 is 0. The van der Waals surface area contributed by atoms with E-state index in [4.69, 9.17) is 5.73 Å². The van der Waals surface area contributed by atoms with Crippen LogP contribution in [0, 0.1) is 5.92 Å². The molecule has 1 aliphatic heterocycles. The highest BCUT2D eigenvalue weighted by molar-refractivity contribution is 5.76. The first kappa shape index (κ1) is 19.7. The summed E-state index contributed by atoms with van der Waals surface area (Å²) in [5.41, 5.74) is 5.51. The lowest BCUT2D eigenvalue weighted by Crippen LogP contribution is -2.41. The summed E-state index contributed by atoms with van der Waals surface area (Å²) in [4.78, 5) is 21.3. The Balaban J connectivity index is 1.70. The van der Waals surface area contributed by atoms with Gasteiger partial charge in [-0.2, -0.15) is 0 Å². The molecule has 5 heteroatoms. The van der Waals surface area contributed by atoms with Crippen molar-refractivity contribution in [2.75, 3.05) is 37.6 Å². The number of pyridine rings is 1. The standard InChI is InChI=1S/C20H34N4O/c1-2-23(20(25)10-5-3-4-7-13-21)17-18-11-15-24(16-12-18)19-9-6-8-14-22-19/h6,8-9,14,18H,2-5,7,10-13,15-17,21H2,1H3. The highest BCUT2D eigenvalue weighted by atomic mass is 16.2. The minimum absolute atomic E-state index is 0.322. The Labute approximate surface area is 152 Å². The number of rotatable bonds is 10. The molecule has 1 aromatic heterocycles. The molecule has 1 amide bonds. The van der Waals surface area contributed by atoms with Crippen LogP contribution >= 0.6 is 0 Å². The predicted molar refractivity (Wildman–Crippen MR) is 104 cm³/mol. The number of piperidine rings is 1. The highest BCUT2D eigenvalue weighted by Crippen LogP contribution is 2.22. The molecule has 25 heavy (non-hydrogen) atoms. The Bertz CT molecular complexity index is 486. The number of anilines is 1. The second-order valence-electron chi connectivity index (χ2n) is 7.00. The second-order valence-corrected chi connectivity index (χ2v) is 7.00. The number of nitrogens with zero attached hydrogens (tertiary/aromatic N) is 3. The van der Waals surface area contributed by atoms with E-state index in [1.807, 2.05) is 18.3 Å². The quantitative estimate of drug-likeness (QED) is 0.662. The van der Waals surface area contributed by atoms with E-state index in [0.29, 0.717) is 18.2 Å². The van der Waals surface area contributed by atoms with Gasteiger partial charge in [-0.25, -0.2) is 4.98 Å². The van der Waals surface area contributed by atoms with Crippen molar-refractivity contribution in [1.82, 2.24) is 9.88 Å². The maximum atomic E-state index is 12.4. The monoisotopic (exact) mass is 346 g/mol. The Kier molecular flexibility index (Phi) is 8.73. The zero-order chi connectivity index (χ0) is 17.9. The Morgan fingerprint density at radius 2 is 2.00 bits per heavy atom. The molecule has 0 unspecified atom stereocenters. The molecule has 2 rings (SSSR count). The number of carbonyl (C=O) groups is 1. The lowest BCUT2D eigenvalue weighted by molar-refractivity contribution is -0.131. The van der Waals surface area contributed by atoms with Gasteiger partial charge in [-0.05, 0) is 57.2 Å². The van der Waals surface area contributed by atoms with E-state index in [0.717, 1.165) is 77.1 Å². The van der Waals surface area contributed by atoms with Crippen LogP contribution in [0.5, 0.6) is 0 Å². The number of hydrogen-bond donors (Lipinski definition) is 1. The third-order valence-electron chi connectivity index (χ3n) is 5.15. The molecule has 2 N–H and O–H groups in total. The molecule has 1 aliphatic rings. The van der Waals surface area contributed by atoms with Gasteiger partial charge in [0.15, 0.2) is 0 Å². The van der Waals surface area contributed by atoms with E-state index in [2.05, 4.69) is 27.8 Å². The number of unbranched alkanes of at least 4 members (excludes halogenated alkanes) is 3. The summed E-state index contributed by atoms with van der Waals surface area (Å²) in [7, 11) is 0. The fourth-order valence-corrected chi connectivity index (χ4v) is 3.54. The van der Waals surface area contributed by atoms with Gasteiger partial charge in [0.1, 0.15) is 5.82 Å². The molecule has 1 saturated heterocycles. The molecule has 0 radical (unpaired) electrons. The van der Waals surface area contributed by atoms with Crippen molar-refractivity contribution in [1.29, 1.82) is 0 Å². The van der Waals surface area contributed by atoms with E-state index in [1.165, 1.54) is 0 Å². The highest BCUT2D eigenvalue weighted by Gasteiger charge is 2.23. The van der Waals surface area contributed by atoms with Crippen LogP contribution in [-0.2, 0) is 4.79 Å². The van der Waals surface area contributed by atoms with Crippen LogP contribution in [0.15, 0.2) is 24.4 Å². The van der Waals surface area contributed by atoms with E-state index >= 15 is 0 Å². The van der Waals surface area contributed by atoms with Crippen molar-refractivity contribution in [3.63, 3.8) is 0 Å². The van der Waals surface area contributed by atoms with Crippen LogP contribution in [0.4, 0.5) is 5.82 Å². The summed E-state index contributed by atoms with van der Waals surface area (Å²) in [5.74, 6) is 2.00. The molecule has 1 aromatic rings. The molecule has 5 nitrogen and oxygen atoms in total. The molecule has 0 atom stereocenters. The topological polar surface area (TPSA) is 62.5 Å². The van der Waals surface area contributed by atoms with Crippen LogP contribution < -0.4 is 10.6 Å². The fourth-order valence-electron chi connectivity index (χ4n) is 3.54. The summed E-state index contributed by atoms with van der Waals surface area (Å²) in [5, 5.41) is 0. The van der Waals surface area contributed by atoms with Gasteiger partial charge in [0, 0.05) is 38.8 Å². The number of aromatic nitrogens is 1. The van der Waals surface area contributed by atoms with Crippen molar-refractivity contribution >= 4 is 11.7 Å². The molecule has 0 aliphatic carbocycles. The van der Waals surface area contributed by atoms with Gasteiger partial charge in [-0.3, -0.25) is 4.79 Å². The Morgan fingerprint density at radius 1 is 1.24 bits per heavy atom. The number of nitrogens with two attached hydrogens (primary N) is 1. The largest absolute Gasteiger partial charge is 0.357 e. The average Bonchev–Trinajstić information content (AvgIpc) is 2.67. The van der Waals surface area contributed by atoms with Crippen molar-refractivity contribution in [2.24, 2.45) is 11.7 Å². The van der Waals surface area contributed by atoms with Crippen molar-refractivity contribution in [3.05, 3.63) is 24.4 Å². The van der Waals surface area contributed by atoms with E-state index < -0.39 is 0 Å². The van der Waals surface area contributed by atoms with Gasteiger partial charge in [-0.15, -0.1) is 0 Å². The van der Waals surface area contributed by atoms with Crippen LogP contribution in [0.3, 0.4) is 0 Å². The number of carbonyl (C=O) groups excluding carboxylic acids is 1. The first-order chi connectivity index (χ1) is 12.2. The van der Waals surface area contributed by atoms with Gasteiger partial charge in [0.2, 0.25) is 5.91 Å². The van der Waals surface area contributed by atoms with E-state index in [1.54, 1.807) is 0 Å². The second kappa shape index (κ2) is 11.1. The first-order valence-corrected chi connectivity index (χ1v) is 9.88. The van der Waals surface area contributed by atoms with Gasteiger partial charge in [0.05, 0.1) is 0 Å². The van der Waals surface area contributed by atoms with Gasteiger partial charge < -0.3 is 15.5 Å². The Morgan fingerprint density at radius 3 is 2.64 bits per heavy atom. The summed E-state index contributed by atoms with van der Waals surface area (Å²) in [6.45, 7) is 6.65. The van der Waals surface area contributed by atoms with Gasteiger partial charge >= 0.3 is 0 Å². The maximum absolute atomic E-state index is 12.4. The summed E-state index contributed by atoms with van der Waals surface area (Å²) in [6.07, 6.45) is 9.13. The number of hydrogen-bond acceptors (Lipinski definition) is 4. The molecule has 2 heterocycles. The molecule has 0 saturated carbocycles. The molecule has 0 bridgehead atoms. The molecule has 1 fully saturated rings. The fraction of sp³-hybridized carbons (Fsp3) is 0.700. The molecule has 0 spiro atoms. The third-order valence-corrected chi connectivity index (χ3v) is 5.15. The van der Waals surface area contributed by atoms with Crippen molar-refractivity contribution in [2.45, 2.75) is 51.9 Å². The SMILES string of the molecule is CCN(CC1CCN(c2ccccn2)CC1)C(=O)CCCCCCN. The maximum Gasteiger partial charge on any atom is 0.222 e. The minimum Gasteiger partial charge on any atom is -0.357 e. The molecular weight excluding hydrogens is 312 g/mol. The summed E-state index contributed by atoms with van der Waals surface area (Å²) in [6, 6.07) is 6.07. The van der Waals surface area contributed by atoms with Crippen molar-refractivity contribution in [3.8, 4) is 0 Å². The van der Waals surface area contributed by atoms with E-state index in [-0.39, 0.29) is 0 Å². The van der Waals surface area contributed by atoms with E-state index in [9.17, 15) is 4.79 Å². The van der Waals surface area contributed by atoms with Crippen LogP contribution in [-0.4, -0.2) is 48.5 Å². The molecule has 140 valence electrons. The normalized spacial score (nSPS) is 15.4. The zero-order valence-electron chi connectivity index (χ0n) is 15.7. The molecular formula is C20H34N4O.